The fourth-order valence-electron chi connectivity index (χ4n) is 1.47. The van der Waals surface area contributed by atoms with Gasteiger partial charge in [-0.3, -0.25) is 0 Å². The summed E-state index contributed by atoms with van der Waals surface area (Å²) in [4.78, 5) is 13.4. The third kappa shape index (κ3) is 1.31. The average Bonchev–Trinajstić information content (AvgIpc) is 2.62. The number of hydrogen-bond acceptors (Lipinski definition) is 2. The van der Waals surface area contributed by atoms with E-state index < -0.39 is 6.10 Å². The Balaban J connectivity index is 2.72. The van der Waals surface area contributed by atoms with Crippen molar-refractivity contribution in [2.24, 2.45) is 0 Å². The van der Waals surface area contributed by atoms with Crippen molar-refractivity contribution in [1.29, 1.82) is 0 Å². The van der Waals surface area contributed by atoms with Gasteiger partial charge in [-0.2, -0.15) is 0 Å². The maximum atomic E-state index is 10.5. The molecule has 0 fully saturated rings. The topological polar surface area (TPSA) is 53.1 Å². The summed E-state index contributed by atoms with van der Waals surface area (Å²) in [5.74, 6) is 0. The van der Waals surface area contributed by atoms with Crippen LogP contribution in [-0.4, -0.2) is 16.4 Å². The van der Waals surface area contributed by atoms with Crippen LogP contribution < -0.4 is 0 Å². The quantitative estimate of drug-likeness (QED) is 0.744. The van der Waals surface area contributed by atoms with Crippen LogP contribution in [0.1, 0.15) is 11.7 Å². The predicted molar refractivity (Wildman–Crippen MR) is 54.3 cm³/mol. The summed E-state index contributed by atoms with van der Waals surface area (Å²) in [5, 5.41) is 10.6. The van der Waals surface area contributed by atoms with E-state index >= 15 is 0 Å². The van der Waals surface area contributed by atoms with Crippen LogP contribution in [0.3, 0.4) is 0 Å². The molecule has 0 saturated heterocycles. The van der Waals surface area contributed by atoms with Crippen molar-refractivity contribution in [3.05, 3.63) is 35.0 Å². The fourth-order valence-corrected chi connectivity index (χ4v) is 1.76. The van der Waals surface area contributed by atoms with Gasteiger partial charge in [-0.25, -0.2) is 0 Å². The molecule has 0 radical (unpaired) electrons. The minimum atomic E-state index is -1.12. The van der Waals surface area contributed by atoms with E-state index in [1.54, 1.807) is 18.3 Å². The summed E-state index contributed by atoms with van der Waals surface area (Å²) in [7, 11) is 0. The van der Waals surface area contributed by atoms with Crippen molar-refractivity contribution in [2.75, 3.05) is 0 Å². The lowest BCUT2D eigenvalue weighted by atomic mass is 10.1. The van der Waals surface area contributed by atoms with Gasteiger partial charge in [-0.05, 0) is 12.1 Å². The molecule has 2 N–H and O–H groups in total. The first kappa shape index (κ1) is 9.24. The van der Waals surface area contributed by atoms with Crippen LogP contribution in [0, 0.1) is 0 Å². The van der Waals surface area contributed by atoms with Gasteiger partial charge in [0.2, 0.25) is 0 Å². The van der Waals surface area contributed by atoms with E-state index in [4.69, 9.17) is 11.6 Å². The van der Waals surface area contributed by atoms with Crippen LogP contribution in [0.2, 0.25) is 5.02 Å². The van der Waals surface area contributed by atoms with Gasteiger partial charge in [0.25, 0.3) is 0 Å². The molecule has 1 heterocycles. The van der Waals surface area contributed by atoms with E-state index in [1.165, 1.54) is 0 Å². The highest BCUT2D eigenvalue weighted by Crippen LogP contribution is 2.29. The molecule has 4 heteroatoms. The summed E-state index contributed by atoms with van der Waals surface area (Å²) in [5.41, 5.74) is 1.33. The van der Waals surface area contributed by atoms with Crippen LogP contribution in [0.5, 0.6) is 0 Å². The normalized spacial score (nSPS) is 13.0. The number of aldehydes is 1. The molecule has 0 aliphatic rings. The number of carbonyl (C=O) groups excluding carboxylic acids is 1. The average molecular weight is 210 g/mol. The molecular weight excluding hydrogens is 202 g/mol. The van der Waals surface area contributed by atoms with E-state index in [1.807, 2.05) is 6.07 Å². The third-order valence-electron chi connectivity index (χ3n) is 2.13. The van der Waals surface area contributed by atoms with Crippen molar-refractivity contribution < 1.29 is 9.90 Å². The Morgan fingerprint density at radius 1 is 1.50 bits per heavy atom. The smallest absolute Gasteiger partial charge is 0.153 e. The molecule has 2 rings (SSSR count). The first-order valence-electron chi connectivity index (χ1n) is 4.13. The number of aliphatic hydroxyl groups is 1. The summed E-state index contributed by atoms with van der Waals surface area (Å²) < 4.78 is 0. The summed E-state index contributed by atoms with van der Waals surface area (Å²) >= 11 is 5.96. The molecule has 1 aromatic carbocycles. The Kier molecular flexibility index (Phi) is 2.27. The van der Waals surface area contributed by atoms with E-state index in [2.05, 4.69) is 4.98 Å². The molecule has 0 bridgehead atoms. The second kappa shape index (κ2) is 3.44. The van der Waals surface area contributed by atoms with Gasteiger partial charge in [0.1, 0.15) is 6.10 Å². The first-order valence-corrected chi connectivity index (χ1v) is 4.50. The van der Waals surface area contributed by atoms with Gasteiger partial charge in [-0.1, -0.05) is 17.7 Å². The first-order chi connectivity index (χ1) is 6.74. The highest BCUT2D eigenvalue weighted by Gasteiger charge is 2.13. The van der Waals surface area contributed by atoms with E-state index in [0.717, 1.165) is 5.52 Å². The maximum Gasteiger partial charge on any atom is 0.153 e. The molecule has 0 aliphatic carbocycles. The minimum absolute atomic E-state index is 0.478. The largest absolute Gasteiger partial charge is 0.381 e. The monoisotopic (exact) mass is 209 g/mol. The van der Waals surface area contributed by atoms with Crippen molar-refractivity contribution in [3.63, 3.8) is 0 Å². The van der Waals surface area contributed by atoms with Crippen molar-refractivity contribution in [3.8, 4) is 0 Å². The molecule has 0 amide bonds. The van der Waals surface area contributed by atoms with Crippen LogP contribution in [0.25, 0.3) is 10.9 Å². The number of nitrogens with one attached hydrogen (secondary N) is 1. The van der Waals surface area contributed by atoms with Gasteiger partial charge in [0.15, 0.2) is 6.29 Å². The molecule has 1 aromatic heterocycles. The lowest BCUT2D eigenvalue weighted by Gasteiger charge is -2.01. The lowest BCUT2D eigenvalue weighted by Crippen LogP contribution is -1.96. The van der Waals surface area contributed by atoms with Crippen LogP contribution >= 0.6 is 11.6 Å². The molecule has 0 aliphatic heterocycles. The molecule has 0 spiro atoms. The molecule has 0 saturated carbocycles. The predicted octanol–water partition coefficient (Wildman–Crippen LogP) is 2.05. The number of benzene rings is 1. The van der Waals surface area contributed by atoms with Crippen LogP contribution in [-0.2, 0) is 4.79 Å². The highest BCUT2D eigenvalue weighted by molar-refractivity contribution is 6.35. The van der Waals surface area contributed by atoms with Crippen LogP contribution in [0.15, 0.2) is 24.4 Å². The molecular formula is C10H8ClNO2. The van der Waals surface area contributed by atoms with Gasteiger partial charge in [-0.15, -0.1) is 0 Å². The zero-order chi connectivity index (χ0) is 10.1. The Bertz CT molecular complexity index is 478. The summed E-state index contributed by atoms with van der Waals surface area (Å²) in [6.07, 6.45) is 0.949. The number of fused-ring (bicyclic) bond motifs is 1. The van der Waals surface area contributed by atoms with E-state index in [9.17, 15) is 9.90 Å². The Labute approximate surface area is 85.3 Å². The number of rotatable bonds is 2. The number of carbonyl (C=O) groups is 1. The standard InChI is InChI=1S/C10H8ClNO2/c11-7-2-1-3-8-10(7)6(4-12-8)9(14)5-13/h1-5,9,12,14H/t9-/m0/s1. The van der Waals surface area contributed by atoms with Gasteiger partial charge < -0.3 is 14.9 Å². The highest BCUT2D eigenvalue weighted by atomic mass is 35.5. The van der Waals surface area contributed by atoms with Gasteiger partial charge >= 0.3 is 0 Å². The zero-order valence-corrected chi connectivity index (χ0v) is 7.95. The molecule has 0 unspecified atom stereocenters. The number of aliphatic hydroxyl groups excluding tert-OH is 1. The molecule has 14 heavy (non-hydrogen) atoms. The second-order valence-electron chi connectivity index (χ2n) is 2.99. The molecule has 1 atom stereocenters. The summed E-state index contributed by atoms with van der Waals surface area (Å²) in [6.45, 7) is 0. The Hall–Kier alpha value is -1.32. The van der Waals surface area contributed by atoms with Crippen molar-refractivity contribution >= 4 is 28.8 Å². The number of halogens is 1. The van der Waals surface area contributed by atoms with Crippen molar-refractivity contribution in [1.82, 2.24) is 4.98 Å². The molecule has 2 aromatic rings. The Morgan fingerprint density at radius 3 is 3.00 bits per heavy atom. The maximum absolute atomic E-state index is 10.5. The Morgan fingerprint density at radius 2 is 2.29 bits per heavy atom. The molecule has 3 nitrogen and oxygen atoms in total. The van der Waals surface area contributed by atoms with Crippen LogP contribution in [0.4, 0.5) is 0 Å². The van der Waals surface area contributed by atoms with Crippen molar-refractivity contribution in [2.45, 2.75) is 6.10 Å². The number of aromatic amines is 1. The number of hydrogen-bond donors (Lipinski definition) is 2. The third-order valence-corrected chi connectivity index (χ3v) is 2.45. The van der Waals surface area contributed by atoms with E-state index in [0.29, 0.717) is 22.3 Å². The number of H-pyrrole nitrogens is 1. The zero-order valence-electron chi connectivity index (χ0n) is 7.20. The lowest BCUT2D eigenvalue weighted by molar-refractivity contribution is -0.115. The van der Waals surface area contributed by atoms with E-state index in [-0.39, 0.29) is 0 Å². The number of aromatic nitrogens is 1. The second-order valence-corrected chi connectivity index (χ2v) is 3.39. The summed E-state index contributed by atoms with van der Waals surface area (Å²) in [6, 6.07) is 5.36. The molecule has 72 valence electrons. The SMILES string of the molecule is O=C[C@H](O)c1c[nH]c2cccc(Cl)c12. The minimum Gasteiger partial charge on any atom is -0.381 e. The van der Waals surface area contributed by atoms with Gasteiger partial charge in [0, 0.05) is 22.7 Å². The fraction of sp³-hybridized carbons (Fsp3) is 0.100. The van der Waals surface area contributed by atoms with Gasteiger partial charge in [0.05, 0.1) is 5.02 Å².